The fourth-order valence-corrected chi connectivity index (χ4v) is 1.95. The van der Waals surface area contributed by atoms with Crippen molar-refractivity contribution >= 4 is 11.6 Å². The Morgan fingerprint density at radius 3 is 2.56 bits per heavy atom. The zero-order chi connectivity index (χ0) is 11.4. The van der Waals surface area contributed by atoms with Crippen molar-refractivity contribution in [2.45, 2.75) is 6.54 Å². The van der Waals surface area contributed by atoms with Crippen molar-refractivity contribution in [1.82, 2.24) is 10.3 Å². The summed E-state index contributed by atoms with van der Waals surface area (Å²) >= 11 is 6.25. The summed E-state index contributed by atoms with van der Waals surface area (Å²) in [6.45, 7) is 0.830. The Morgan fingerprint density at radius 2 is 1.94 bits per heavy atom. The van der Waals surface area contributed by atoms with Crippen LogP contribution >= 0.6 is 11.6 Å². The normalized spacial score (nSPS) is 10.4. The molecular formula is C13H13ClN2. The lowest BCUT2D eigenvalue weighted by Crippen LogP contribution is -2.04. The minimum Gasteiger partial charge on any atom is -0.316 e. The first-order valence-electron chi connectivity index (χ1n) is 5.14. The Hall–Kier alpha value is -1.38. The van der Waals surface area contributed by atoms with E-state index in [1.165, 1.54) is 5.56 Å². The maximum absolute atomic E-state index is 6.25. The number of hydrogen-bond donors (Lipinski definition) is 1. The lowest BCUT2D eigenvalue weighted by atomic mass is 10.1. The third-order valence-electron chi connectivity index (χ3n) is 2.41. The summed E-state index contributed by atoms with van der Waals surface area (Å²) in [7, 11) is 1.92. The van der Waals surface area contributed by atoms with E-state index < -0.39 is 0 Å². The molecular weight excluding hydrogens is 220 g/mol. The van der Waals surface area contributed by atoms with Crippen molar-refractivity contribution in [2.75, 3.05) is 7.05 Å². The molecule has 0 saturated heterocycles. The maximum atomic E-state index is 6.25. The van der Waals surface area contributed by atoms with Crippen molar-refractivity contribution in [3.8, 4) is 11.1 Å². The fourth-order valence-electron chi connectivity index (χ4n) is 1.64. The molecule has 0 aliphatic rings. The topological polar surface area (TPSA) is 24.9 Å². The number of nitrogens with one attached hydrogen (secondary N) is 1. The molecule has 1 aromatic carbocycles. The molecule has 0 saturated carbocycles. The van der Waals surface area contributed by atoms with Crippen LogP contribution in [0, 0.1) is 0 Å². The number of halogens is 1. The van der Waals surface area contributed by atoms with Crippen molar-refractivity contribution in [1.29, 1.82) is 0 Å². The summed E-state index contributed by atoms with van der Waals surface area (Å²) in [6, 6.07) is 10.0. The highest BCUT2D eigenvalue weighted by Crippen LogP contribution is 2.28. The average Bonchev–Trinajstić information content (AvgIpc) is 2.31. The Balaban J connectivity index is 2.37. The molecule has 0 radical (unpaired) electrons. The first-order chi connectivity index (χ1) is 7.81. The zero-order valence-electron chi connectivity index (χ0n) is 9.07. The SMILES string of the molecule is CNCc1ccc(-c2ccncc2)c(Cl)c1. The molecule has 0 spiro atoms. The number of benzene rings is 1. The predicted octanol–water partition coefficient (Wildman–Crippen LogP) is 3.12. The molecule has 1 N–H and O–H groups in total. The Labute approximate surface area is 100 Å². The summed E-state index contributed by atoms with van der Waals surface area (Å²) in [5.41, 5.74) is 3.32. The molecule has 0 fully saturated rings. The van der Waals surface area contributed by atoms with Crippen LogP contribution in [0.4, 0.5) is 0 Å². The standard InChI is InChI=1S/C13H13ClN2/c1-15-9-10-2-3-12(13(14)8-10)11-4-6-16-7-5-11/h2-8,15H,9H2,1H3. The Bertz CT molecular complexity index is 469. The van der Waals surface area contributed by atoms with Crippen LogP contribution in [0.1, 0.15) is 5.56 Å². The Kier molecular flexibility index (Phi) is 3.54. The molecule has 2 rings (SSSR count). The second kappa shape index (κ2) is 5.10. The number of nitrogens with zero attached hydrogens (tertiary/aromatic N) is 1. The maximum Gasteiger partial charge on any atom is 0.0487 e. The predicted molar refractivity (Wildman–Crippen MR) is 67.4 cm³/mol. The molecule has 1 aromatic heterocycles. The summed E-state index contributed by atoms with van der Waals surface area (Å²) in [4.78, 5) is 3.99. The molecule has 0 amide bonds. The first kappa shape index (κ1) is 11.1. The molecule has 3 heteroatoms. The summed E-state index contributed by atoms with van der Waals surface area (Å²) < 4.78 is 0. The monoisotopic (exact) mass is 232 g/mol. The highest BCUT2D eigenvalue weighted by atomic mass is 35.5. The third-order valence-corrected chi connectivity index (χ3v) is 2.72. The van der Waals surface area contributed by atoms with Gasteiger partial charge in [0.2, 0.25) is 0 Å². The van der Waals surface area contributed by atoms with Gasteiger partial charge in [0.25, 0.3) is 0 Å². The smallest absolute Gasteiger partial charge is 0.0487 e. The number of rotatable bonds is 3. The van der Waals surface area contributed by atoms with Crippen LogP contribution in [0.3, 0.4) is 0 Å². The summed E-state index contributed by atoms with van der Waals surface area (Å²) in [5.74, 6) is 0. The molecule has 1 heterocycles. The lowest BCUT2D eigenvalue weighted by Gasteiger charge is -2.06. The number of aromatic nitrogens is 1. The van der Waals surface area contributed by atoms with Crippen LogP contribution in [0.5, 0.6) is 0 Å². The fraction of sp³-hybridized carbons (Fsp3) is 0.154. The van der Waals surface area contributed by atoms with Crippen molar-refractivity contribution in [3.05, 3.63) is 53.3 Å². The minimum absolute atomic E-state index is 0.777. The van der Waals surface area contributed by atoms with E-state index in [2.05, 4.69) is 16.4 Å². The quantitative estimate of drug-likeness (QED) is 0.880. The third kappa shape index (κ3) is 2.40. The van der Waals surface area contributed by atoms with Crippen molar-refractivity contribution < 1.29 is 0 Å². The zero-order valence-corrected chi connectivity index (χ0v) is 9.83. The van der Waals surface area contributed by atoms with E-state index in [4.69, 9.17) is 11.6 Å². The van der Waals surface area contributed by atoms with Crippen LogP contribution in [-0.4, -0.2) is 12.0 Å². The van der Waals surface area contributed by atoms with E-state index in [1.54, 1.807) is 12.4 Å². The van der Waals surface area contributed by atoms with Gasteiger partial charge in [-0.05, 0) is 36.4 Å². The van der Waals surface area contributed by atoms with Gasteiger partial charge in [0, 0.05) is 29.5 Å². The highest BCUT2D eigenvalue weighted by molar-refractivity contribution is 6.33. The summed E-state index contributed by atoms with van der Waals surface area (Å²) in [5, 5.41) is 3.88. The molecule has 82 valence electrons. The van der Waals surface area contributed by atoms with Crippen LogP contribution in [-0.2, 0) is 6.54 Å². The van der Waals surface area contributed by atoms with Gasteiger partial charge in [0.1, 0.15) is 0 Å². The largest absolute Gasteiger partial charge is 0.316 e. The van der Waals surface area contributed by atoms with Crippen LogP contribution in [0.15, 0.2) is 42.7 Å². The van der Waals surface area contributed by atoms with E-state index in [0.717, 1.165) is 22.7 Å². The van der Waals surface area contributed by atoms with E-state index in [9.17, 15) is 0 Å². The van der Waals surface area contributed by atoms with Gasteiger partial charge in [-0.1, -0.05) is 23.7 Å². The van der Waals surface area contributed by atoms with Gasteiger partial charge in [-0.25, -0.2) is 0 Å². The van der Waals surface area contributed by atoms with E-state index in [1.807, 2.05) is 31.3 Å². The van der Waals surface area contributed by atoms with E-state index >= 15 is 0 Å². The number of pyridine rings is 1. The van der Waals surface area contributed by atoms with Crippen LogP contribution in [0.2, 0.25) is 5.02 Å². The molecule has 2 nitrogen and oxygen atoms in total. The van der Waals surface area contributed by atoms with Crippen molar-refractivity contribution in [3.63, 3.8) is 0 Å². The molecule has 0 aliphatic heterocycles. The van der Waals surface area contributed by atoms with Gasteiger partial charge in [0.15, 0.2) is 0 Å². The minimum atomic E-state index is 0.777. The molecule has 0 atom stereocenters. The van der Waals surface area contributed by atoms with Crippen LogP contribution in [0.25, 0.3) is 11.1 Å². The molecule has 0 unspecified atom stereocenters. The van der Waals surface area contributed by atoms with Crippen molar-refractivity contribution in [2.24, 2.45) is 0 Å². The number of hydrogen-bond acceptors (Lipinski definition) is 2. The van der Waals surface area contributed by atoms with Gasteiger partial charge < -0.3 is 5.32 Å². The van der Waals surface area contributed by atoms with Gasteiger partial charge in [-0.2, -0.15) is 0 Å². The molecule has 16 heavy (non-hydrogen) atoms. The van der Waals surface area contributed by atoms with E-state index in [-0.39, 0.29) is 0 Å². The highest BCUT2D eigenvalue weighted by Gasteiger charge is 2.03. The average molecular weight is 233 g/mol. The van der Waals surface area contributed by atoms with Gasteiger partial charge in [0.05, 0.1) is 0 Å². The molecule has 0 aliphatic carbocycles. The Morgan fingerprint density at radius 1 is 1.19 bits per heavy atom. The molecule has 2 aromatic rings. The van der Waals surface area contributed by atoms with Crippen LogP contribution < -0.4 is 5.32 Å². The second-order valence-electron chi connectivity index (χ2n) is 3.58. The van der Waals surface area contributed by atoms with E-state index in [0.29, 0.717) is 0 Å². The van der Waals surface area contributed by atoms with Gasteiger partial charge >= 0.3 is 0 Å². The lowest BCUT2D eigenvalue weighted by molar-refractivity contribution is 0.818. The second-order valence-corrected chi connectivity index (χ2v) is 3.99. The molecule has 0 bridgehead atoms. The van der Waals surface area contributed by atoms with Gasteiger partial charge in [-0.3, -0.25) is 4.98 Å². The first-order valence-corrected chi connectivity index (χ1v) is 5.52. The van der Waals surface area contributed by atoms with Gasteiger partial charge in [-0.15, -0.1) is 0 Å². The summed E-state index contributed by atoms with van der Waals surface area (Å²) in [6.07, 6.45) is 3.54.